The van der Waals surface area contributed by atoms with Gasteiger partial charge in [-0.3, -0.25) is 4.79 Å². The van der Waals surface area contributed by atoms with Crippen molar-refractivity contribution >= 4 is 21.8 Å². The molecule has 4 heteroatoms. The number of furan rings is 1. The quantitative estimate of drug-likeness (QED) is 0.839. The van der Waals surface area contributed by atoms with Crippen molar-refractivity contribution in [1.82, 2.24) is 5.32 Å². The first-order valence-electron chi connectivity index (χ1n) is 5.04. The second-order valence-corrected chi connectivity index (χ2v) is 4.50. The van der Waals surface area contributed by atoms with E-state index in [9.17, 15) is 4.79 Å². The monoisotopic (exact) mass is 273 g/mol. The molecule has 1 amide bonds. The first-order chi connectivity index (χ1) is 7.13. The van der Waals surface area contributed by atoms with Crippen LogP contribution in [-0.2, 0) is 0 Å². The minimum Gasteiger partial charge on any atom is -0.456 e. The van der Waals surface area contributed by atoms with Gasteiger partial charge < -0.3 is 9.73 Å². The van der Waals surface area contributed by atoms with Crippen LogP contribution in [0.3, 0.4) is 0 Å². The van der Waals surface area contributed by atoms with Crippen LogP contribution in [0, 0.1) is 12.8 Å². The lowest BCUT2D eigenvalue weighted by molar-refractivity contribution is 0.0919. The molecule has 0 saturated carbocycles. The molecule has 0 fully saturated rings. The van der Waals surface area contributed by atoms with Crippen LogP contribution in [0.25, 0.3) is 0 Å². The lowest BCUT2D eigenvalue weighted by Crippen LogP contribution is -2.28. The lowest BCUT2D eigenvalue weighted by Gasteiger charge is -2.09. The highest BCUT2D eigenvalue weighted by Gasteiger charge is 2.10. The van der Waals surface area contributed by atoms with E-state index >= 15 is 0 Å². The fraction of sp³-hybridized carbons (Fsp3) is 0.545. The molecule has 1 atom stereocenters. The van der Waals surface area contributed by atoms with E-state index in [0.717, 1.165) is 17.5 Å². The summed E-state index contributed by atoms with van der Waals surface area (Å²) < 4.78 is 5.22. The number of carbonyl (C=O) groups is 1. The molecule has 84 valence electrons. The van der Waals surface area contributed by atoms with Gasteiger partial charge in [-0.25, -0.2) is 0 Å². The Bertz CT molecular complexity index is 322. The summed E-state index contributed by atoms with van der Waals surface area (Å²) in [5.74, 6) is 1.49. The van der Waals surface area contributed by atoms with E-state index in [2.05, 4.69) is 28.2 Å². The van der Waals surface area contributed by atoms with Gasteiger partial charge in [0.05, 0.1) is 0 Å². The zero-order valence-electron chi connectivity index (χ0n) is 9.05. The molecule has 0 radical (unpaired) electrons. The summed E-state index contributed by atoms with van der Waals surface area (Å²) in [7, 11) is 0. The highest BCUT2D eigenvalue weighted by atomic mass is 79.9. The van der Waals surface area contributed by atoms with Crippen molar-refractivity contribution in [3.63, 3.8) is 0 Å². The van der Waals surface area contributed by atoms with Crippen LogP contribution in [0.15, 0.2) is 16.5 Å². The number of nitrogens with one attached hydrogen (secondary N) is 1. The molecule has 0 spiro atoms. The van der Waals surface area contributed by atoms with Gasteiger partial charge in [-0.1, -0.05) is 22.9 Å². The molecule has 15 heavy (non-hydrogen) atoms. The minimum atomic E-state index is -0.135. The number of aryl methyl sites for hydroxylation is 1. The molecule has 1 heterocycles. The zero-order chi connectivity index (χ0) is 11.3. The average molecular weight is 274 g/mol. The predicted octanol–water partition coefficient (Wildman–Crippen LogP) is 2.74. The van der Waals surface area contributed by atoms with Crippen LogP contribution in [0.2, 0.25) is 0 Å². The van der Waals surface area contributed by atoms with Crippen LogP contribution >= 0.6 is 15.9 Å². The van der Waals surface area contributed by atoms with Gasteiger partial charge in [0.1, 0.15) is 5.76 Å². The molecule has 0 aliphatic carbocycles. The number of carbonyl (C=O) groups excluding carboxylic acids is 1. The smallest absolute Gasteiger partial charge is 0.287 e. The Morgan fingerprint density at radius 2 is 2.33 bits per heavy atom. The largest absolute Gasteiger partial charge is 0.456 e. The second-order valence-electron chi connectivity index (χ2n) is 3.70. The molecule has 0 aromatic carbocycles. The van der Waals surface area contributed by atoms with E-state index in [1.807, 2.05) is 6.92 Å². The van der Waals surface area contributed by atoms with Crippen LogP contribution in [0.1, 0.15) is 29.7 Å². The Morgan fingerprint density at radius 3 is 2.87 bits per heavy atom. The summed E-state index contributed by atoms with van der Waals surface area (Å²) in [5, 5.41) is 3.81. The van der Waals surface area contributed by atoms with Crippen molar-refractivity contribution in [2.45, 2.75) is 20.3 Å². The van der Waals surface area contributed by atoms with Gasteiger partial charge >= 0.3 is 0 Å². The Morgan fingerprint density at radius 1 is 1.60 bits per heavy atom. The number of hydrogen-bond donors (Lipinski definition) is 1. The summed E-state index contributed by atoms with van der Waals surface area (Å²) in [6.45, 7) is 4.61. The van der Waals surface area contributed by atoms with E-state index in [-0.39, 0.29) is 5.91 Å². The Labute approximate surface area is 98.4 Å². The first kappa shape index (κ1) is 12.3. The average Bonchev–Trinajstić information content (AvgIpc) is 2.62. The first-order valence-corrected chi connectivity index (χ1v) is 6.16. The fourth-order valence-corrected chi connectivity index (χ4v) is 1.98. The summed E-state index contributed by atoms with van der Waals surface area (Å²) in [6, 6.07) is 3.48. The molecule has 0 aliphatic rings. The van der Waals surface area contributed by atoms with E-state index in [4.69, 9.17) is 4.42 Å². The van der Waals surface area contributed by atoms with Gasteiger partial charge in [-0.2, -0.15) is 0 Å². The number of halogens is 1. The topological polar surface area (TPSA) is 42.2 Å². The van der Waals surface area contributed by atoms with Gasteiger partial charge in [0.25, 0.3) is 5.91 Å². The van der Waals surface area contributed by atoms with Crippen LogP contribution in [-0.4, -0.2) is 17.8 Å². The van der Waals surface area contributed by atoms with Gasteiger partial charge in [0.15, 0.2) is 5.76 Å². The number of alkyl halides is 1. The maximum Gasteiger partial charge on any atom is 0.287 e. The standard InChI is InChI=1S/C11H16BrNO2/c1-8(5-6-12)7-13-11(14)10-4-3-9(2)15-10/h3-4,8H,5-7H2,1-2H3,(H,13,14). The van der Waals surface area contributed by atoms with Crippen LogP contribution < -0.4 is 5.32 Å². The summed E-state index contributed by atoms with van der Waals surface area (Å²) in [5.41, 5.74) is 0. The number of rotatable bonds is 5. The van der Waals surface area contributed by atoms with Crippen molar-refractivity contribution in [1.29, 1.82) is 0 Å². The van der Waals surface area contributed by atoms with Crippen molar-refractivity contribution in [2.24, 2.45) is 5.92 Å². The van der Waals surface area contributed by atoms with Crippen molar-refractivity contribution in [3.05, 3.63) is 23.7 Å². The lowest BCUT2D eigenvalue weighted by atomic mass is 10.1. The van der Waals surface area contributed by atoms with Gasteiger partial charge in [0, 0.05) is 11.9 Å². The molecular weight excluding hydrogens is 258 g/mol. The third-order valence-corrected chi connectivity index (χ3v) is 2.63. The van der Waals surface area contributed by atoms with Crippen molar-refractivity contribution < 1.29 is 9.21 Å². The van der Waals surface area contributed by atoms with Crippen LogP contribution in [0.4, 0.5) is 0 Å². The third-order valence-electron chi connectivity index (χ3n) is 2.18. The third kappa shape index (κ3) is 4.08. The minimum absolute atomic E-state index is 0.135. The maximum atomic E-state index is 11.6. The Balaban J connectivity index is 2.36. The fourth-order valence-electron chi connectivity index (χ4n) is 1.20. The molecule has 1 aromatic heterocycles. The van der Waals surface area contributed by atoms with E-state index in [0.29, 0.717) is 18.2 Å². The van der Waals surface area contributed by atoms with E-state index < -0.39 is 0 Å². The zero-order valence-corrected chi connectivity index (χ0v) is 10.6. The molecular formula is C11H16BrNO2. The molecule has 1 rings (SSSR count). The van der Waals surface area contributed by atoms with Gasteiger partial charge in [-0.15, -0.1) is 0 Å². The number of amides is 1. The van der Waals surface area contributed by atoms with E-state index in [1.54, 1.807) is 12.1 Å². The summed E-state index contributed by atoms with van der Waals surface area (Å²) in [6.07, 6.45) is 1.05. The van der Waals surface area contributed by atoms with Gasteiger partial charge in [-0.05, 0) is 31.4 Å². The molecule has 1 aromatic rings. The molecule has 3 nitrogen and oxygen atoms in total. The Kier molecular flexibility index (Phi) is 4.88. The van der Waals surface area contributed by atoms with E-state index in [1.165, 1.54) is 0 Å². The predicted molar refractivity (Wildman–Crippen MR) is 63.4 cm³/mol. The molecule has 1 N–H and O–H groups in total. The van der Waals surface area contributed by atoms with Crippen LogP contribution in [0.5, 0.6) is 0 Å². The normalized spacial score (nSPS) is 12.5. The Hall–Kier alpha value is -0.770. The molecule has 0 saturated heterocycles. The molecule has 0 aliphatic heterocycles. The van der Waals surface area contributed by atoms with Crippen molar-refractivity contribution in [2.75, 3.05) is 11.9 Å². The highest BCUT2D eigenvalue weighted by Crippen LogP contribution is 2.07. The molecule has 0 bridgehead atoms. The highest BCUT2D eigenvalue weighted by molar-refractivity contribution is 9.09. The van der Waals surface area contributed by atoms with Gasteiger partial charge in [0.2, 0.25) is 0 Å². The van der Waals surface area contributed by atoms with Crippen molar-refractivity contribution in [3.8, 4) is 0 Å². The second kappa shape index (κ2) is 5.95. The maximum absolute atomic E-state index is 11.6. The number of hydrogen-bond acceptors (Lipinski definition) is 2. The molecule has 1 unspecified atom stereocenters. The summed E-state index contributed by atoms with van der Waals surface area (Å²) >= 11 is 3.37. The summed E-state index contributed by atoms with van der Waals surface area (Å²) in [4.78, 5) is 11.6. The SMILES string of the molecule is Cc1ccc(C(=O)NCC(C)CCBr)o1.